The van der Waals surface area contributed by atoms with Crippen LogP contribution in [0, 0.1) is 0 Å². The number of amides is 2. The van der Waals surface area contributed by atoms with Crippen LogP contribution in [0.25, 0.3) is 5.52 Å². The lowest BCUT2D eigenvalue weighted by Gasteiger charge is -2.06. The van der Waals surface area contributed by atoms with E-state index in [1.807, 2.05) is 35.0 Å². The fraction of sp³-hybridized carbons (Fsp3) is 0.385. The minimum Gasteiger partial charge on any atom is -0.338 e. The van der Waals surface area contributed by atoms with Gasteiger partial charge in [-0.25, -0.2) is 9.78 Å². The van der Waals surface area contributed by atoms with Gasteiger partial charge in [0.1, 0.15) is 5.82 Å². The second-order valence-electron chi connectivity index (χ2n) is 4.59. The molecule has 2 aromatic rings. The van der Waals surface area contributed by atoms with Gasteiger partial charge in [-0.05, 0) is 25.0 Å². The first-order chi connectivity index (χ1) is 8.83. The number of aromatic nitrogens is 2. The van der Waals surface area contributed by atoms with Crippen LogP contribution < -0.4 is 10.6 Å². The molecule has 0 saturated heterocycles. The number of pyridine rings is 1. The summed E-state index contributed by atoms with van der Waals surface area (Å²) in [5.41, 5.74) is 1.08. The first-order valence-electron chi connectivity index (χ1n) is 6.28. The Morgan fingerprint density at radius 3 is 3.17 bits per heavy atom. The van der Waals surface area contributed by atoms with Crippen LogP contribution in [-0.2, 0) is 6.42 Å². The highest BCUT2D eigenvalue weighted by Crippen LogP contribution is 2.18. The Hall–Kier alpha value is -2.04. The van der Waals surface area contributed by atoms with Gasteiger partial charge in [0.25, 0.3) is 0 Å². The van der Waals surface area contributed by atoms with Crippen molar-refractivity contribution in [2.75, 3.05) is 6.54 Å². The van der Waals surface area contributed by atoms with Gasteiger partial charge in [0.2, 0.25) is 0 Å². The second-order valence-corrected chi connectivity index (χ2v) is 4.59. The molecule has 2 aromatic heterocycles. The quantitative estimate of drug-likeness (QED) is 0.852. The molecule has 3 rings (SSSR count). The molecule has 0 bridgehead atoms. The van der Waals surface area contributed by atoms with Crippen molar-refractivity contribution < 1.29 is 4.79 Å². The van der Waals surface area contributed by atoms with Crippen LogP contribution in [0.3, 0.4) is 0 Å². The van der Waals surface area contributed by atoms with Crippen molar-refractivity contribution in [2.45, 2.75) is 25.3 Å². The van der Waals surface area contributed by atoms with E-state index in [1.165, 1.54) is 0 Å². The highest BCUT2D eigenvalue weighted by Gasteiger charge is 2.22. The van der Waals surface area contributed by atoms with Crippen molar-refractivity contribution in [3.63, 3.8) is 0 Å². The Morgan fingerprint density at radius 1 is 1.44 bits per heavy atom. The van der Waals surface area contributed by atoms with Crippen molar-refractivity contribution in [1.82, 2.24) is 20.0 Å². The summed E-state index contributed by atoms with van der Waals surface area (Å²) in [6.07, 6.45) is 6.79. The average Bonchev–Trinajstić information content (AvgIpc) is 3.09. The first kappa shape index (κ1) is 11.1. The van der Waals surface area contributed by atoms with E-state index in [0.717, 1.165) is 30.6 Å². The number of imidazole rings is 1. The van der Waals surface area contributed by atoms with E-state index in [1.54, 1.807) is 0 Å². The van der Waals surface area contributed by atoms with Crippen molar-refractivity contribution in [1.29, 1.82) is 0 Å². The third-order valence-electron chi connectivity index (χ3n) is 3.06. The van der Waals surface area contributed by atoms with Gasteiger partial charge in [0, 0.05) is 25.2 Å². The molecule has 5 heteroatoms. The summed E-state index contributed by atoms with van der Waals surface area (Å²) in [6, 6.07) is 6.31. The fourth-order valence-electron chi connectivity index (χ4n) is 1.94. The first-order valence-corrected chi connectivity index (χ1v) is 6.28. The third-order valence-corrected chi connectivity index (χ3v) is 3.06. The number of hydrogen-bond donors (Lipinski definition) is 2. The summed E-state index contributed by atoms with van der Waals surface area (Å²) in [5.74, 6) is 0.970. The van der Waals surface area contributed by atoms with E-state index in [2.05, 4.69) is 15.6 Å². The number of carbonyl (C=O) groups is 1. The fourth-order valence-corrected chi connectivity index (χ4v) is 1.94. The number of fused-ring (bicyclic) bond motifs is 1. The van der Waals surface area contributed by atoms with E-state index >= 15 is 0 Å². The van der Waals surface area contributed by atoms with Crippen molar-refractivity contribution in [3.05, 3.63) is 36.4 Å². The summed E-state index contributed by atoms with van der Waals surface area (Å²) in [5, 5.41) is 5.75. The molecule has 5 nitrogen and oxygen atoms in total. The zero-order valence-electron chi connectivity index (χ0n) is 10.1. The molecular weight excluding hydrogens is 228 g/mol. The Labute approximate surface area is 105 Å². The van der Waals surface area contributed by atoms with Crippen LogP contribution in [0.5, 0.6) is 0 Å². The number of nitrogens with one attached hydrogen (secondary N) is 2. The molecule has 1 fully saturated rings. The Morgan fingerprint density at radius 2 is 2.33 bits per heavy atom. The maximum Gasteiger partial charge on any atom is 0.315 e. The average molecular weight is 244 g/mol. The van der Waals surface area contributed by atoms with Gasteiger partial charge in [-0.15, -0.1) is 0 Å². The third kappa shape index (κ3) is 2.45. The molecule has 2 amide bonds. The lowest BCUT2D eigenvalue weighted by molar-refractivity contribution is 0.240. The lowest BCUT2D eigenvalue weighted by Crippen LogP contribution is -2.37. The van der Waals surface area contributed by atoms with Gasteiger partial charge in [-0.2, -0.15) is 0 Å². The number of nitrogens with zero attached hydrogens (tertiary/aromatic N) is 2. The number of hydrogen-bond acceptors (Lipinski definition) is 2. The van der Waals surface area contributed by atoms with Gasteiger partial charge in [0.05, 0.1) is 11.7 Å². The van der Waals surface area contributed by atoms with Gasteiger partial charge in [-0.3, -0.25) is 0 Å². The van der Waals surface area contributed by atoms with Gasteiger partial charge in [0.15, 0.2) is 0 Å². The minimum absolute atomic E-state index is 0.0710. The van der Waals surface area contributed by atoms with Gasteiger partial charge < -0.3 is 15.0 Å². The molecule has 0 aromatic carbocycles. The molecule has 2 N–H and O–H groups in total. The molecule has 0 aliphatic heterocycles. The van der Waals surface area contributed by atoms with E-state index in [0.29, 0.717) is 12.6 Å². The summed E-state index contributed by atoms with van der Waals surface area (Å²) in [4.78, 5) is 15.8. The molecule has 2 heterocycles. The maximum absolute atomic E-state index is 11.4. The van der Waals surface area contributed by atoms with E-state index in [4.69, 9.17) is 0 Å². The Bertz CT molecular complexity index is 559. The summed E-state index contributed by atoms with van der Waals surface area (Å²) >= 11 is 0. The molecule has 1 aliphatic rings. The predicted octanol–water partition coefficient (Wildman–Crippen LogP) is 1.34. The number of carbonyl (C=O) groups excluding carboxylic acids is 1. The van der Waals surface area contributed by atoms with E-state index in [-0.39, 0.29) is 6.03 Å². The molecule has 0 spiro atoms. The lowest BCUT2D eigenvalue weighted by atomic mass is 10.4. The highest BCUT2D eigenvalue weighted by molar-refractivity contribution is 5.74. The zero-order chi connectivity index (χ0) is 12.4. The molecule has 0 radical (unpaired) electrons. The van der Waals surface area contributed by atoms with Crippen LogP contribution in [0.15, 0.2) is 30.6 Å². The number of rotatable bonds is 4. The van der Waals surface area contributed by atoms with Crippen LogP contribution in [0.2, 0.25) is 0 Å². The Kier molecular flexibility index (Phi) is 2.88. The summed E-state index contributed by atoms with van der Waals surface area (Å²) < 4.78 is 2.04. The van der Waals surface area contributed by atoms with Crippen molar-refractivity contribution >= 4 is 11.5 Å². The summed E-state index contributed by atoms with van der Waals surface area (Å²) in [6.45, 7) is 0.604. The van der Waals surface area contributed by atoms with Crippen LogP contribution in [-0.4, -0.2) is 28.0 Å². The van der Waals surface area contributed by atoms with E-state index in [9.17, 15) is 4.79 Å². The topological polar surface area (TPSA) is 58.4 Å². The minimum atomic E-state index is -0.0710. The molecular formula is C13H16N4O. The maximum atomic E-state index is 11.4. The monoisotopic (exact) mass is 244 g/mol. The predicted molar refractivity (Wildman–Crippen MR) is 68.5 cm³/mol. The molecule has 0 unspecified atom stereocenters. The molecule has 0 atom stereocenters. The molecule has 18 heavy (non-hydrogen) atoms. The molecule has 1 saturated carbocycles. The highest BCUT2D eigenvalue weighted by atomic mass is 16.2. The standard InChI is InChI=1S/C13H16N4O/c18-13(16-10-4-5-10)14-7-6-12-15-9-11-3-1-2-8-17(11)12/h1-3,8-10H,4-7H2,(H2,14,16,18). The summed E-state index contributed by atoms with van der Waals surface area (Å²) in [7, 11) is 0. The van der Waals surface area contributed by atoms with Gasteiger partial charge >= 0.3 is 6.03 Å². The second kappa shape index (κ2) is 4.68. The zero-order valence-corrected chi connectivity index (χ0v) is 10.1. The largest absolute Gasteiger partial charge is 0.338 e. The van der Waals surface area contributed by atoms with Crippen molar-refractivity contribution in [2.24, 2.45) is 0 Å². The number of urea groups is 1. The normalized spacial score (nSPS) is 14.7. The smallest absolute Gasteiger partial charge is 0.315 e. The SMILES string of the molecule is O=C(NCCc1ncc2ccccn12)NC1CC1. The molecule has 94 valence electrons. The van der Waals surface area contributed by atoms with E-state index < -0.39 is 0 Å². The van der Waals surface area contributed by atoms with Gasteiger partial charge in [-0.1, -0.05) is 6.07 Å². The van der Waals surface area contributed by atoms with Crippen LogP contribution >= 0.6 is 0 Å². The molecule has 1 aliphatic carbocycles. The van der Waals surface area contributed by atoms with Crippen LogP contribution in [0.4, 0.5) is 4.79 Å². The van der Waals surface area contributed by atoms with Crippen molar-refractivity contribution in [3.8, 4) is 0 Å². The Balaban J connectivity index is 1.54. The van der Waals surface area contributed by atoms with Crippen LogP contribution in [0.1, 0.15) is 18.7 Å².